The number of hydrogen-bond acceptors (Lipinski definition) is 6. The van der Waals surface area contributed by atoms with Gasteiger partial charge in [-0.2, -0.15) is 4.72 Å². The normalized spacial score (nSPS) is 16.4. The fraction of sp³-hybridized carbons (Fsp3) is 0.400. The summed E-state index contributed by atoms with van der Waals surface area (Å²) < 4.78 is 32.6. The Hall–Kier alpha value is -2.49. The molecular formula is C20H26N4O4S. The van der Waals surface area contributed by atoms with Gasteiger partial charge in [-0.3, -0.25) is 14.7 Å². The number of nitrogens with one attached hydrogen (secondary N) is 1. The smallest absolute Gasteiger partial charge is 0.241 e. The SMILES string of the molecule is COc1ccc(S(=O)(=O)N[C@@H](C)C(=O)N2CCN(Cc3ccncc3)CC2)cc1. The Labute approximate surface area is 171 Å². The van der Waals surface area contributed by atoms with E-state index >= 15 is 0 Å². The second-order valence-electron chi connectivity index (χ2n) is 6.98. The lowest BCUT2D eigenvalue weighted by molar-refractivity contribution is -0.134. The average Bonchev–Trinajstić information content (AvgIpc) is 2.74. The molecule has 1 aliphatic rings. The first-order chi connectivity index (χ1) is 13.9. The number of amides is 1. The number of rotatable bonds is 7. The molecule has 1 N–H and O–H groups in total. The first kappa shape index (κ1) is 21.2. The predicted molar refractivity (Wildman–Crippen MR) is 109 cm³/mol. The summed E-state index contributed by atoms with van der Waals surface area (Å²) in [5, 5.41) is 0. The molecule has 0 spiro atoms. The average molecular weight is 419 g/mol. The Morgan fingerprint density at radius 1 is 1.10 bits per heavy atom. The highest BCUT2D eigenvalue weighted by molar-refractivity contribution is 7.89. The fourth-order valence-corrected chi connectivity index (χ4v) is 4.45. The van der Waals surface area contributed by atoms with Crippen LogP contribution in [0.5, 0.6) is 5.75 Å². The van der Waals surface area contributed by atoms with E-state index in [1.165, 1.54) is 24.8 Å². The van der Waals surface area contributed by atoms with E-state index in [1.807, 2.05) is 12.1 Å². The van der Waals surface area contributed by atoms with Crippen LogP contribution in [0.1, 0.15) is 12.5 Å². The number of piperazine rings is 1. The van der Waals surface area contributed by atoms with E-state index in [9.17, 15) is 13.2 Å². The monoisotopic (exact) mass is 418 g/mol. The van der Waals surface area contributed by atoms with Gasteiger partial charge in [-0.15, -0.1) is 0 Å². The Kier molecular flexibility index (Phi) is 6.83. The van der Waals surface area contributed by atoms with Gasteiger partial charge in [0.25, 0.3) is 0 Å². The lowest BCUT2D eigenvalue weighted by Crippen LogP contribution is -2.53. The van der Waals surface area contributed by atoms with Crippen molar-refractivity contribution in [1.29, 1.82) is 0 Å². The number of methoxy groups -OCH3 is 1. The van der Waals surface area contributed by atoms with E-state index in [2.05, 4.69) is 14.6 Å². The number of hydrogen-bond donors (Lipinski definition) is 1. The summed E-state index contributed by atoms with van der Waals surface area (Å²) in [4.78, 5) is 20.8. The lowest BCUT2D eigenvalue weighted by atomic mass is 10.2. The molecular weight excluding hydrogens is 392 g/mol. The number of carbonyl (C=O) groups is 1. The van der Waals surface area contributed by atoms with Gasteiger partial charge in [-0.1, -0.05) is 0 Å². The van der Waals surface area contributed by atoms with Crippen molar-refractivity contribution in [2.75, 3.05) is 33.3 Å². The fourth-order valence-electron chi connectivity index (χ4n) is 3.25. The Morgan fingerprint density at radius 2 is 1.72 bits per heavy atom. The van der Waals surface area contributed by atoms with Crippen LogP contribution in [-0.4, -0.2) is 68.4 Å². The number of pyridine rings is 1. The molecule has 0 aliphatic carbocycles. The standard InChI is InChI=1S/C20H26N4O4S/c1-16(22-29(26,27)19-5-3-18(28-2)4-6-19)20(25)24-13-11-23(12-14-24)15-17-7-9-21-10-8-17/h3-10,16,22H,11-15H2,1-2H3/t16-/m0/s1. The molecule has 1 saturated heterocycles. The number of nitrogens with zero attached hydrogens (tertiary/aromatic N) is 3. The third-order valence-electron chi connectivity index (χ3n) is 4.91. The molecule has 1 aromatic carbocycles. The predicted octanol–water partition coefficient (Wildman–Crippen LogP) is 1.10. The van der Waals surface area contributed by atoms with Crippen molar-refractivity contribution in [3.63, 3.8) is 0 Å². The zero-order valence-electron chi connectivity index (χ0n) is 16.6. The first-order valence-corrected chi connectivity index (χ1v) is 10.9. The number of ether oxygens (including phenoxy) is 1. The molecule has 0 saturated carbocycles. The third kappa shape index (κ3) is 5.53. The summed E-state index contributed by atoms with van der Waals surface area (Å²) in [5.41, 5.74) is 1.18. The molecule has 9 heteroatoms. The Bertz CT molecular complexity index is 911. The molecule has 1 fully saturated rings. The molecule has 0 radical (unpaired) electrons. The Balaban J connectivity index is 1.53. The number of sulfonamides is 1. The van der Waals surface area contributed by atoms with Gasteiger partial charge in [0.05, 0.1) is 18.0 Å². The summed E-state index contributed by atoms with van der Waals surface area (Å²) >= 11 is 0. The van der Waals surface area contributed by atoms with Crippen molar-refractivity contribution in [3.8, 4) is 5.75 Å². The van der Waals surface area contributed by atoms with Gasteiger partial charge in [0.2, 0.25) is 15.9 Å². The molecule has 1 aromatic heterocycles. The first-order valence-electron chi connectivity index (χ1n) is 9.45. The largest absolute Gasteiger partial charge is 0.497 e. The summed E-state index contributed by atoms with van der Waals surface area (Å²) in [6.45, 7) is 5.01. The highest BCUT2D eigenvalue weighted by Gasteiger charge is 2.28. The molecule has 0 unspecified atom stereocenters. The second-order valence-corrected chi connectivity index (χ2v) is 8.69. The van der Waals surface area contributed by atoms with E-state index in [4.69, 9.17) is 4.74 Å². The van der Waals surface area contributed by atoms with Crippen LogP contribution in [0, 0.1) is 0 Å². The molecule has 29 heavy (non-hydrogen) atoms. The highest BCUT2D eigenvalue weighted by Crippen LogP contribution is 2.16. The molecule has 3 rings (SSSR count). The van der Waals surface area contributed by atoms with E-state index < -0.39 is 16.1 Å². The quantitative estimate of drug-likeness (QED) is 0.724. The highest BCUT2D eigenvalue weighted by atomic mass is 32.2. The Morgan fingerprint density at radius 3 is 2.31 bits per heavy atom. The molecule has 1 amide bonds. The van der Waals surface area contributed by atoms with Crippen LogP contribution in [0.3, 0.4) is 0 Å². The number of carbonyl (C=O) groups excluding carboxylic acids is 1. The summed E-state index contributed by atoms with van der Waals surface area (Å²) in [6, 6.07) is 9.17. The van der Waals surface area contributed by atoms with Gasteiger partial charge in [0.1, 0.15) is 5.75 Å². The van der Waals surface area contributed by atoms with Crippen LogP contribution < -0.4 is 9.46 Å². The summed E-state index contributed by atoms with van der Waals surface area (Å²) in [6.07, 6.45) is 3.54. The maximum atomic E-state index is 12.7. The summed E-state index contributed by atoms with van der Waals surface area (Å²) in [7, 11) is -2.28. The second kappa shape index (κ2) is 9.34. The zero-order chi connectivity index (χ0) is 20.9. The van der Waals surface area contributed by atoms with Gasteiger partial charge in [-0.25, -0.2) is 8.42 Å². The van der Waals surface area contributed by atoms with Gasteiger partial charge in [0, 0.05) is 45.1 Å². The summed E-state index contributed by atoms with van der Waals surface area (Å²) in [5.74, 6) is 0.350. The van der Waals surface area contributed by atoms with Gasteiger partial charge >= 0.3 is 0 Å². The molecule has 1 aliphatic heterocycles. The maximum Gasteiger partial charge on any atom is 0.241 e. The minimum atomic E-state index is -3.79. The van der Waals surface area contributed by atoms with Crippen LogP contribution in [-0.2, 0) is 21.4 Å². The molecule has 8 nitrogen and oxygen atoms in total. The van der Waals surface area contributed by atoms with Crippen LogP contribution in [0.15, 0.2) is 53.7 Å². The van der Waals surface area contributed by atoms with Crippen LogP contribution >= 0.6 is 0 Å². The van der Waals surface area contributed by atoms with Crippen molar-refractivity contribution in [2.24, 2.45) is 0 Å². The van der Waals surface area contributed by atoms with E-state index in [-0.39, 0.29) is 10.8 Å². The minimum absolute atomic E-state index is 0.0973. The van der Waals surface area contributed by atoms with E-state index in [1.54, 1.807) is 36.4 Å². The lowest BCUT2D eigenvalue weighted by Gasteiger charge is -2.36. The van der Waals surface area contributed by atoms with Crippen LogP contribution in [0.4, 0.5) is 0 Å². The van der Waals surface area contributed by atoms with Crippen molar-refractivity contribution >= 4 is 15.9 Å². The molecule has 1 atom stereocenters. The molecule has 0 bridgehead atoms. The van der Waals surface area contributed by atoms with Crippen molar-refractivity contribution in [3.05, 3.63) is 54.4 Å². The van der Waals surface area contributed by atoms with Crippen molar-refractivity contribution < 1.29 is 17.9 Å². The van der Waals surface area contributed by atoms with Crippen LogP contribution in [0.2, 0.25) is 0 Å². The number of aromatic nitrogens is 1. The molecule has 2 heterocycles. The minimum Gasteiger partial charge on any atom is -0.497 e. The van der Waals surface area contributed by atoms with E-state index in [0.29, 0.717) is 18.8 Å². The van der Waals surface area contributed by atoms with Gasteiger partial charge in [-0.05, 0) is 48.9 Å². The van der Waals surface area contributed by atoms with Crippen molar-refractivity contribution in [2.45, 2.75) is 24.4 Å². The van der Waals surface area contributed by atoms with Crippen LogP contribution in [0.25, 0.3) is 0 Å². The van der Waals surface area contributed by atoms with E-state index in [0.717, 1.165) is 19.6 Å². The van der Waals surface area contributed by atoms with Crippen molar-refractivity contribution in [1.82, 2.24) is 19.5 Å². The number of benzene rings is 1. The van der Waals surface area contributed by atoms with Gasteiger partial charge in [0.15, 0.2) is 0 Å². The molecule has 156 valence electrons. The molecule has 2 aromatic rings. The third-order valence-corrected chi connectivity index (χ3v) is 6.47. The zero-order valence-corrected chi connectivity index (χ0v) is 17.4. The maximum absolute atomic E-state index is 12.7. The van der Waals surface area contributed by atoms with Gasteiger partial charge < -0.3 is 9.64 Å². The topological polar surface area (TPSA) is 91.8 Å².